The van der Waals surface area contributed by atoms with Crippen LogP contribution in [0.2, 0.25) is 0 Å². The Morgan fingerprint density at radius 3 is 2.11 bits per heavy atom. The molecule has 0 bridgehead atoms. The number of hydrogen-bond donors (Lipinski definition) is 1. The summed E-state index contributed by atoms with van der Waals surface area (Å²) < 4.78 is 2.19. The number of rotatable bonds is 5. The Kier molecular flexibility index (Phi) is 4.56. The van der Waals surface area contributed by atoms with Gasteiger partial charge in [-0.15, -0.1) is 0 Å². The lowest BCUT2D eigenvalue weighted by Gasteiger charge is -2.37. The van der Waals surface area contributed by atoms with E-state index in [1.165, 1.54) is 0 Å². The quantitative estimate of drug-likeness (QED) is 0.748. The average Bonchev–Trinajstić information content (AvgIpc) is 3.33. The van der Waals surface area contributed by atoms with Crippen LogP contribution in [0.1, 0.15) is 42.1 Å². The molecule has 0 unspecified atom stereocenters. The highest BCUT2D eigenvalue weighted by Crippen LogP contribution is 2.49. The first-order chi connectivity index (χ1) is 13.1. The number of benzene rings is 2. The van der Waals surface area contributed by atoms with Gasteiger partial charge < -0.3 is 10.3 Å². The minimum absolute atomic E-state index is 0.146. The normalized spacial score (nSPS) is 19.9. The second-order valence-electron chi connectivity index (χ2n) is 7.53. The molecule has 0 aliphatic heterocycles. The van der Waals surface area contributed by atoms with Crippen LogP contribution in [0.3, 0.4) is 0 Å². The number of imidazole rings is 1. The summed E-state index contributed by atoms with van der Waals surface area (Å²) in [5.74, 6) is -0.125. The van der Waals surface area contributed by atoms with Crippen molar-refractivity contribution in [3.63, 3.8) is 0 Å². The molecule has 4 rings (SSSR count). The van der Waals surface area contributed by atoms with Crippen molar-refractivity contribution in [1.29, 1.82) is 0 Å². The number of hydrogen-bond acceptors (Lipinski definition) is 2. The second kappa shape index (κ2) is 7.03. The fourth-order valence-electron chi connectivity index (χ4n) is 4.79. The molecule has 0 spiro atoms. The minimum Gasteiger partial charge on any atom is -0.369 e. The van der Waals surface area contributed by atoms with Crippen molar-refractivity contribution < 1.29 is 4.79 Å². The van der Waals surface area contributed by atoms with Crippen LogP contribution in [-0.2, 0) is 10.2 Å². The molecule has 1 fully saturated rings. The van der Waals surface area contributed by atoms with Crippen molar-refractivity contribution in [3.8, 4) is 0 Å². The number of primary amides is 1. The first-order valence-electron chi connectivity index (χ1n) is 9.53. The van der Waals surface area contributed by atoms with Crippen molar-refractivity contribution in [2.75, 3.05) is 0 Å². The Morgan fingerprint density at radius 1 is 1.04 bits per heavy atom. The number of aromatic nitrogens is 2. The second-order valence-corrected chi connectivity index (χ2v) is 7.53. The minimum atomic E-state index is -0.813. The molecule has 1 amide bonds. The molecule has 1 aliphatic carbocycles. The molecular formula is C23H25N3O. The van der Waals surface area contributed by atoms with Crippen LogP contribution in [0.5, 0.6) is 0 Å². The molecule has 2 atom stereocenters. The van der Waals surface area contributed by atoms with Crippen molar-refractivity contribution in [3.05, 3.63) is 90.0 Å². The van der Waals surface area contributed by atoms with Gasteiger partial charge in [0.15, 0.2) is 0 Å². The van der Waals surface area contributed by atoms with Crippen LogP contribution in [0.4, 0.5) is 0 Å². The van der Waals surface area contributed by atoms with Crippen molar-refractivity contribution in [2.45, 2.75) is 37.6 Å². The zero-order valence-corrected chi connectivity index (χ0v) is 15.6. The summed E-state index contributed by atoms with van der Waals surface area (Å²) in [6.45, 7) is 2.00. The molecule has 1 saturated carbocycles. The van der Waals surface area contributed by atoms with Gasteiger partial charge in [-0.05, 0) is 43.2 Å². The van der Waals surface area contributed by atoms with Crippen molar-refractivity contribution in [2.24, 2.45) is 11.7 Å². The first kappa shape index (κ1) is 17.5. The van der Waals surface area contributed by atoms with Gasteiger partial charge in [0.1, 0.15) is 5.41 Å². The number of nitrogens with zero attached hydrogens (tertiary/aromatic N) is 2. The molecular weight excluding hydrogens is 334 g/mol. The van der Waals surface area contributed by atoms with Crippen LogP contribution in [0.15, 0.2) is 73.2 Å². The highest BCUT2D eigenvalue weighted by atomic mass is 16.1. The predicted molar refractivity (Wildman–Crippen MR) is 106 cm³/mol. The summed E-state index contributed by atoms with van der Waals surface area (Å²) in [5.41, 5.74) is 8.32. The maximum atomic E-state index is 13.1. The molecule has 1 heterocycles. The number of nitrogens with two attached hydrogens (primary N) is 1. The van der Waals surface area contributed by atoms with E-state index in [0.717, 1.165) is 36.1 Å². The lowest BCUT2D eigenvalue weighted by Crippen LogP contribution is -2.47. The molecule has 2 N–H and O–H groups in total. The monoisotopic (exact) mass is 359 g/mol. The van der Waals surface area contributed by atoms with E-state index in [4.69, 9.17) is 5.73 Å². The fraction of sp³-hybridized carbons (Fsp3) is 0.304. The summed E-state index contributed by atoms with van der Waals surface area (Å²) in [7, 11) is 0. The van der Waals surface area contributed by atoms with Crippen molar-refractivity contribution >= 4 is 5.91 Å². The van der Waals surface area contributed by atoms with Gasteiger partial charge in [-0.2, -0.15) is 0 Å². The van der Waals surface area contributed by atoms with Gasteiger partial charge in [-0.1, -0.05) is 60.7 Å². The molecule has 1 aromatic heterocycles. The molecule has 0 radical (unpaired) electrons. The topological polar surface area (TPSA) is 60.9 Å². The van der Waals surface area contributed by atoms with E-state index >= 15 is 0 Å². The number of carbonyl (C=O) groups is 1. The summed E-state index contributed by atoms with van der Waals surface area (Å²) in [5, 5.41) is 0. The van der Waals surface area contributed by atoms with Gasteiger partial charge in [0, 0.05) is 12.2 Å². The van der Waals surface area contributed by atoms with Crippen molar-refractivity contribution in [1.82, 2.24) is 9.55 Å². The molecule has 27 heavy (non-hydrogen) atoms. The van der Waals surface area contributed by atoms with E-state index in [9.17, 15) is 4.79 Å². The maximum Gasteiger partial charge on any atom is 0.232 e. The van der Waals surface area contributed by atoms with Gasteiger partial charge in [0.25, 0.3) is 0 Å². The SMILES string of the molecule is Cc1cn([C@@H]2CC[C@@H](C(C(N)=O)(c3ccccc3)c3ccccc3)C2)cn1. The molecule has 3 aromatic rings. The Labute approximate surface area is 160 Å². The first-order valence-corrected chi connectivity index (χ1v) is 9.53. The van der Waals surface area contributed by atoms with Crippen LogP contribution in [0.25, 0.3) is 0 Å². The van der Waals surface area contributed by atoms with E-state index in [1.807, 2.05) is 73.9 Å². The Balaban J connectivity index is 1.80. The van der Waals surface area contributed by atoms with Gasteiger partial charge in [0.05, 0.1) is 12.0 Å². The van der Waals surface area contributed by atoms with Crippen LogP contribution >= 0.6 is 0 Å². The summed E-state index contributed by atoms with van der Waals surface area (Å²) in [4.78, 5) is 17.4. The zero-order chi connectivity index (χ0) is 18.9. The van der Waals surface area contributed by atoms with Gasteiger partial charge in [0.2, 0.25) is 5.91 Å². The highest BCUT2D eigenvalue weighted by Gasteiger charge is 2.49. The molecule has 0 saturated heterocycles. The van der Waals surface area contributed by atoms with E-state index in [1.54, 1.807) is 0 Å². The Morgan fingerprint density at radius 2 is 1.63 bits per heavy atom. The number of aryl methyl sites for hydroxylation is 1. The van der Waals surface area contributed by atoms with Gasteiger partial charge in [-0.25, -0.2) is 4.98 Å². The maximum absolute atomic E-state index is 13.1. The lowest BCUT2D eigenvalue weighted by atomic mass is 9.64. The van der Waals surface area contributed by atoms with Gasteiger partial charge >= 0.3 is 0 Å². The summed E-state index contributed by atoms with van der Waals surface area (Å²) in [6, 6.07) is 20.4. The third-order valence-electron chi connectivity index (χ3n) is 6.02. The Hall–Kier alpha value is -2.88. The average molecular weight is 359 g/mol. The third kappa shape index (κ3) is 2.95. The third-order valence-corrected chi connectivity index (χ3v) is 6.02. The van der Waals surface area contributed by atoms with E-state index in [0.29, 0.717) is 6.04 Å². The summed E-state index contributed by atoms with van der Waals surface area (Å²) in [6.07, 6.45) is 6.87. The zero-order valence-electron chi connectivity index (χ0n) is 15.6. The smallest absolute Gasteiger partial charge is 0.232 e. The van der Waals surface area contributed by atoms with Crippen LogP contribution in [-0.4, -0.2) is 15.5 Å². The molecule has 4 heteroatoms. The molecule has 4 nitrogen and oxygen atoms in total. The van der Waals surface area contributed by atoms with Gasteiger partial charge in [-0.3, -0.25) is 4.79 Å². The van der Waals surface area contributed by atoms with E-state index in [-0.39, 0.29) is 11.8 Å². The summed E-state index contributed by atoms with van der Waals surface area (Å²) >= 11 is 0. The largest absolute Gasteiger partial charge is 0.369 e. The standard InChI is InChI=1S/C23H25N3O/c1-17-15-26(16-25-17)21-13-12-20(14-21)23(22(24)27,18-8-4-2-5-9-18)19-10-6-3-7-11-19/h2-11,15-16,20-21H,12-14H2,1H3,(H2,24,27)/t20-,21-/m1/s1. The lowest BCUT2D eigenvalue weighted by molar-refractivity contribution is -0.123. The van der Waals surface area contributed by atoms with E-state index in [2.05, 4.69) is 15.7 Å². The predicted octanol–water partition coefficient (Wildman–Crippen LogP) is 4.00. The Bertz CT molecular complexity index is 878. The molecule has 1 aliphatic rings. The fourth-order valence-corrected chi connectivity index (χ4v) is 4.79. The van der Waals surface area contributed by atoms with E-state index < -0.39 is 5.41 Å². The number of carbonyl (C=O) groups excluding carboxylic acids is 1. The van der Waals surface area contributed by atoms with Crippen LogP contribution in [0, 0.1) is 12.8 Å². The highest BCUT2D eigenvalue weighted by molar-refractivity contribution is 5.91. The molecule has 138 valence electrons. The number of amides is 1. The van der Waals surface area contributed by atoms with Crippen LogP contribution < -0.4 is 5.73 Å². The molecule has 2 aromatic carbocycles.